The first-order valence-corrected chi connectivity index (χ1v) is 12.1. The molecule has 5 rings (SSSR count). The molecule has 2 bridgehead atoms. The van der Waals surface area contributed by atoms with Gasteiger partial charge in [0, 0.05) is 24.2 Å². The average molecular weight is 424 g/mol. The highest BCUT2D eigenvalue weighted by atomic mass is 16.5. The van der Waals surface area contributed by atoms with Gasteiger partial charge in [0.15, 0.2) is 0 Å². The van der Waals surface area contributed by atoms with Crippen molar-refractivity contribution in [2.24, 2.45) is 0 Å². The molecule has 31 heavy (non-hydrogen) atoms. The van der Waals surface area contributed by atoms with Crippen molar-refractivity contribution < 1.29 is 9.53 Å². The fourth-order valence-electron chi connectivity index (χ4n) is 6.42. The summed E-state index contributed by atoms with van der Waals surface area (Å²) in [5, 5.41) is 0. The third-order valence-corrected chi connectivity index (χ3v) is 7.63. The van der Waals surface area contributed by atoms with E-state index in [2.05, 4.69) is 9.88 Å². The predicted octanol–water partition coefficient (Wildman–Crippen LogP) is 4.46. The van der Waals surface area contributed by atoms with E-state index in [4.69, 9.17) is 4.74 Å². The van der Waals surface area contributed by atoms with E-state index in [0.29, 0.717) is 23.6 Å². The number of fused-ring (bicyclic) bond motifs is 3. The van der Waals surface area contributed by atoms with Crippen LogP contribution in [0.3, 0.4) is 0 Å². The molecule has 0 N–H and O–H groups in total. The monoisotopic (exact) mass is 423 g/mol. The number of ether oxygens (including phenoxy) is 1. The molecule has 1 aromatic heterocycles. The number of piperidine rings is 2. The summed E-state index contributed by atoms with van der Waals surface area (Å²) in [7, 11) is 0. The lowest BCUT2D eigenvalue weighted by Crippen LogP contribution is -2.57. The zero-order valence-corrected chi connectivity index (χ0v) is 18.5. The van der Waals surface area contributed by atoms with Gasteiger partial charge >= 0.3 is 5.97 Å². The van der Waals surface area contributed by atoms with Crippen LogP contribution in [0.1, 0.15) is 87.7 Å². The van der Waals surface area contributed by atoms with Gasteiger partial charge < -0.3 is 9.30 Å². The van der Waals surface area contributed by atoms with E-state index in [1.54, 1.807) is 6.92 Å². The van der Waals surface area contributed by atoms with Crippen LogP contribution in [0.2, 0.25) is 0 Å². The van der Waals surface area contributed by atoms with Gasteiger partial charge in [0.2, 0.25) is 5.69 Å². The van der Waals surface area contributed by atoms with Crippen LogP contribution in [0.15, 0.2) is 29.1 Å². The van der Waals surface area contributed by atoms with Gasteiger partial charge in [-0.25, -0.2) is 9.78 Å². The number of benzene rings is 1. The van der Waals surface area contributed by atoms with Crippen LogP contribution in [0, 0.1) is 0 Å². The van der Waals surface area contributed by atoms with Crippen LogP contribution in [-0.2, 0) is 4.74 Å². The van der Waals surface area contributed by atoms with Crippen LogP contribution in [-0.4, -0.2) is 45.2 Å². The van der Waals surface area contributed by atoms with Crippen molar-refractivity contribution >= 4 is 17.0 Å². The minimum absolute atomic E-state index is 0.0829. The zero-order valence-electron chi connectivity index (χ0n) is 18.5. The second-order valence-corrected chi connectivity index (χ2v) is 9.45. The van der Waals surface area contributed by atoms with E-state index >= 15 is 0 Å². The van der Waals surface area contributed by atoms with E-state index in [-0.39, 0.29) is 23.9 Å². The minimum Gasteiger partial charge on any atom is -0.461 e. The third kappa shape index (κ3) is 3.79. The first-order chi connectivity index (χ1) is 15.2. The molecule has 1 aromatic carbocycles. The Balaban J connectivity index is 1.53. The Morgan fingerprint density at radius 3 is 2.35 bits per heavy atom. The second kappa shape index (κ2) is 8.73. The lowest BCUT2D eigenvalue weighted by Gasteiger charge is -2.53. The van der Waals surface area contributed by atoms with Crippen LogP contribution in [0.4, 0.5) is 0 Å². The summed E-state index contributed by atoms with van der Waals surface area (Å²) < 4.78 is 7.02. The molecule has 2 saturated heterocycles. The maximum Gasteiger partial charge on any atom is 0.362 e. The van der Waals surface area contributed by atoms with Crippen LogP contribution in [0.5, 0.6) is 0 Å². The van der Waals surface area contributed by atoms with Gasteiger partial charge in [0.1, 0.15) is 0 Å². The molecule has 3 fully saturated rings. The second-order valence-electron chi connectivity index (χ2n) is 9.45. The summed E-state index contributed by atoms with van der Waals surface area (Å²) in [6.07, 6.45) is 12.4. The number of rotatable bonds is 4. The first-order valence-electron chi connectivity index (χ1n) is 12.1. The number of carbonyl (C=O) groups is 1. The standard InChI is InChI=1S/C25H33N3O3/c1-2-31-25(30)23-24(29)28(22-14-7-6-13-21(22)26-23)20-15-18-11-8-12-19(16-20)27(18)17-9-4-3-5-10-17/h6-7,13-14,17-20H,2-5,8-12,15-16H2,1H3/t18-,19+,20+. The Kier molecular flexibility index (Phi) is 5.83. The summed E-state index contributed by atoms with van der Waals surface area (Å²) >= 11 is 0. The van der Waals surface area contributed by atoms with Crippen molar-refractivity contribution in [1.29, 1.82) is 0 Å². The van der Waals surface area contributed by atoms with Gasteiger partial charge in [-0.05, 0) is 57.6 Å². The molecule has 0 spiro atoms. The van der Waals surface area contributed by atoms with Crippen LogP contribution >= 0.6 is 0 Å². The van der Waals surface area contributed by atoms with Gasteiger partial charge in [-0.2, -0.15) is 0 Å². The van der Waals surface area contributed by atoms with Gasteiger partial charge in [-0.15, -0.1) is 0 Å². The summed E-state index contributed by atoms with van der Waals surface area (Å²) in [5.74, 6) is -0.619. The maximum atomic E-state index is 13.5. The molecular weight excluding hydrogens is 390 g/mol. The van der Waals surface area contributed by atoms with E-state index in [1.807, 2.05) is 28.8 Å². The number of aromatic nitrogens is 2. The number of hydrogen-bond acceptors (Lipinski definition) is 5. The van der Waals surface area contributed by atoms with Gasteiger partial charge in [0.05, 0.1) is 17.6 Å². The largest absolute Gasteiger partial charge is 0.461 e. The summed E-state index contributed by atoms with van der Waals surface area (Å²) in [6, 6.07) is 9.57. The topological polar surface area (TPSA) is 64.4 Å². The first kappa shape index (κ1) is 20.7. The minimum atomic E-state index is -0.619. The highest BCUT2D eigenvalue weighted by Crippen LogP contribution is 2.43. The molecule has 0 amide bonds. The van der Waals surface area contributed by atoms with Crippen molar-refractivity contribution in [1.82, 2.24) is 14.5 Å². The highest BCUT2D eigenvalue weighted by Gasteiger charge is 2.43. The number of carbonyl (C=O) groups excluding carboxylic acids is 1. The van der Waals surface area contributed by atoms with Crippen molar-refractivity contribution in [2.45, 2.75) is 95.3 Å². The van der Waals surface area contributed by atoms with Gasteiger partial charge in [-0.3, -0.25) is 9.69 Å². The molecule has 6 nitrogen and oxygen atoms in total. The SMILES string of the molecule is CCOC(=O)c1nc2ccccc2n([C@H]2C[C@H]3CCC[C@@H](C2)N3C2CCCCC2)c1=O. The summed E-state index contributed by atoms with van der Waals surface area (Å²) in [5.41, 5.74) is 1.13. The molecule has 6 heteroatoms. The maximum absolute atomic E-state index is 13.5. The number of hydrogen-bond donors (Lipinski definition) is 0. The lowest BCUT2D eigenvalue weighted by atomic mass is 9.78. The van der Waals surface area contributed by atoms with E-state index < -0.39 is 5.97 Å². The zero-order chi connectivity index (χ0) is 21.4. The smallest absolute Gasteiger partial charge is 0.362 e. The molecule has 166 valence electrons. The highest BCUT2D eigenvalue weighted by molar-refractivity contribution is 5.89. The van der Waals surface area contributed by atoms with Crippen molar-refractivity contribution in [3.63, 3.8) is 0 Å². The third-order valence-electron chi connectivity index (χ3n) is 7.63. The molecule has 1 saturated carbocycles. The fourth-order valence-corrected chi connectivity index (χ4v) is 6.42. The Morgan fingerprint density at radius 2 is 1.65 bits per heavy atom. The Bertz CT molecular complexity index is 997. The normalized spacial score (nSPS) is 27.3. The molecule has 3 aliphatic rings. The summed E-state index contributed by atoms with van der Waals surface area (Å²) in [4.78, 5) is 33.2. The van der Waals surface area contributed by atoms with Crippen molar-refractivity contribution in [3.05, 3.63) is 40.3 Å². The average Bonchev–Trinajstić information content (AvgIpc) is 2.78. The number of esters is 1. The Labute approximate surface area is 183 Å². The predicted molar refractivity (Wildman–Crippen MR) is 120 cm³/mol. The van der Waals surface area contributed by atoms with Gasteiger partial charge in [0.25, 0.3) is 5.56 Å². The molecule has 2 aromatic rings. The quantitative estimate of drug-likeness (QED) is 0.679. The van der Waals surface area contributed by atoms with E-state index in [1.165, 1.54) is 51.4 Å². The molecule has 2 aliphatic heterocycles. The lowest BCUT2D eigenvalue weighted by molar-refractivity contribution is -0.0278. The molecule has 3 atom stereocenters. The van der Waals surface area contributed by atoms with Crippen LogP contribution in [0.25, 0.3) is 11.0 Å². The summed E-state index contributed by atoms with van der Waals surface area (Å²) in [6.45, 7) is 1.98. The Morgan fingerprint density at radius 1 is 0.968 bits per heavy atom. The van der Waals surface area contributed by atoms with Gasteiger partial charge in [-0.1, -0.05) is 37.8 Å². The van der Waals surface area contributed by atoms with Crippen molar-refractivity contribution in [3.8, 4) is 0 Å². The van der Waals surface area contributed by atoms with E-state index in [0.717, 1.165) is 18.4 Å². The molecule has 3 heterocycles. The molecule has 0 unspecified atom stereocenters. The van der Waals surface area contributed by atoms with Crippen LogP contribution < -0.4 is 5.56 Å². The molecule has 1 aliphatic carbocycles. The molecular formula is C25H33N3O3. The Hall–Kier alpha value is -2.21. The van der Waals surface area contributed by atoms with Crippen molar-refractivity contribution in [2.75, 3.05) is 6.61 Å². The molecule has 0 radical (unpaired) electrons. The fraction of sp³-hybridized carbons (Fsp3) is 0.640. The number of nitrogens with zero attached hydrogens (tertiary/aromatic N) is 3. The van der Waals surface area contributed by atoms with E-state index in [9.17, 15) is 9.59 Å². The number of para-hydroxylation sites is 2.